The molecule has 1 amide bonds. The van der Waals surface area contributed by atoms with Gasteiger partial charge in [0, 0.05) is 16.6 Å². The van der Waals surface area contributed by atoms with E-state index in [1.54, 1.807) is 47.1 Å². The molecular weight excluding hydrogens is 433 g/mol. The number of thiophene rings is 1. The van der Waals surface area contributed by atoms with Crippen LogP contribution in [0.5, 0.6) is 0 Å². The molecule has 0 spiro atoms. The van der Waals surface area contributed by atoms with Gasteiger partial charge in [0.2, 0.25) is 0 Å². The van der Waals surface area contributed by atoms with Gasteiger partial charge in [-0.3, -0.25) is 9.59 Å². The lowest BCUT2D eigenvalue weighted by atomic mass is 10.1. The van der Waals surface area contributed by atoms with Crippen molar-refractivity contribution >= 4 is 44.9 Å². The summed E-state index contributed by atoms with van der Waals surface area (Å²) in [6, 6.07) is 14.0. The number of carbonyl (C=O) groups is 3. The predicted octanol–water partition coefficient (Wildman–Crippen LogP) is 4.53. The van der Waals surface area contributed by atoms with Gasteiger partial charge in [-0.25, -0.2) is 13.9 Å². The van der Waals surface area contributed by atoms with Crippen LogP contribution in [-0.2, 0) is 9.53 Å². The number of aryl methyl sites for hydroxylation is 1. The molecule has 0 saturated carbocycles. The number of amides is 1. The third-order valence-corrected chi connectivity index (χ3v) is 5.82. The number of fused-ring (bicyclic) bond motifs is 1. The van der Waals surface area contributed by atoms with Gasteiger partial charge in [0.05, 0.1) is 11.4 Å². The second kappa shape index (κ2) is 8.72. The van der Waals surface area contributed by atoms with Gasteiger partial charge in [0.25, 0.3) is 5.91 Å². The van der Waals surface area contributed by atoms with E-state index in [4.69, 9.17) is 4.74 Å². The van der Waals surface area contributed by atoms with Gasteiger partial charge in [-0.1, -0.05) is 0 Å². The van der Waals surface area contributed by atoms with Gasteiger partial charge in [0.15, 0.2) is 12.4 Å². The Labute approximate surface area is 186 Å². The van der Waals surface area contributed by atoms with Crippen LogP contribution in [-0.4, -0.2) is 34.0 Å². The number of Topliss-reactive ketones (excluding diaryl/α,β-unsaturated/α-hetero) is 1. The Kier molecular flexibility index (Phi) is 5.83. The Bertz CT molecular complexity index is 1320. The average Bonchev–Trinajstić information content (AvgIpc) is 3.34. The molecule has 4 aromatic rings. The summed E-state index contributed by atoms with van der Waals surface area (Å²) >= 11 is 1.18. The molecule has 7 nitrogen and oxygen atoms in total. The quantitative estimate of drug-likeness (QED) is 0.344. The monoisotopic (exact) mass is 451 g/mol. The van der Waals surface area contributed by atoms with Gasteiger partial charge < -0.3 is 10.1 Å². The van der Waals surface area contributed by atoms with Crippen molar-refractivity contribution in [2.24, 2.45) is 0 Å². The second-order valence-corrected chi connectivity index (χ2v) is 8.09. The topological polar surface area (TPSA) is 90.3 Å². The van der Waals surface area contributed by atoms with E-state index in [9.17, 15) is 18.8 Å². The van der Waals surface area contributed by atoms with Crippen LogP contribution in [0, 0.1) is 12.7 Å². The number of esters is 1. The Hall–Kier alpha value is -3.85. The number of nitrogens with zero attached hydrogens (tertiary/aromatic N) is 2. The lowest BCUT2D eigenvalue weighted by molar-refractivity contribution is -0.119. The Morgan fingerprint density at radius 2 is 1.78 bits per heavy atom. The first kappa shape index (κ1) is 21.4. The van der Waals surface area contributed by atoms with Gasteiger partial charge in [-0.05, 0) is 68.4 Å². The number of benzene rings is 2. The summed E-state index contributed by atoms with van der Waals surface area (Å²) < 4.78 is 20.0. The molecule has 0 unspecified atom stereocenters. The van der Waals surface area contributed by atoms with Crippen LogP contribution in [0.1, 0.15) is 32.6 Å². The van der Waals surface area contributed by atoms with Crippen LogP contribution in [0.4, 0.5) is 10.1 Å². The fraction of sp³-hybridized carbons (Fsp3) is 0.130. The minimum atomic E-state index is -0.627. The number of aromatic nitrogens is 2. The summed E-state index contributed by atoms with van der Waals surface area (Å²) in [6.07, 6.45) is 0. The first-order valence-electron chi connectivity index (χ1n) is 9.65. The highest BCUT2D eigenvalue weighted by Gasteiger charge is 2.19. The molecule has 4 rings (SSSR count). The van der Waals surface area contributed by atoms with Crippen LogP contribution in [0.15, 0.2) is 54.6 Å². The zero-order valence-electron chi connectivity index (χ0n) is 17.2. The number of hydrogen-bond donors (Lipinski definition) is 1. The number of rotatable bonds is 6. The average molecular weight is 451 g/mol. The molecule has 0 fully saturated rings. The first-order chi connectivity index (χ1) is 15.3. The van der Waals surface area contributed by atoms with Crippen molar-refractivity contribution in [2.45, 2.75) is 13.8 Å². The smallest absolute Gasteiger partial charge is 0.348 e. The van der Waals surface area contributed by atoms with Crippen molar-refractivity contribution in [1.82, 2.24) is 9.78 Å². The largest absolute Gasteiger partial charge is 0.451 e. The van der Waals surface area contributed by atoms with Crippen molar-refractivity contribution in [3.63, 3.8) is 0 Å². The van der Waals surface area contributed by atoms with E-state index in [-0.39, 0.29) is 11.6 Å². The maximum absolute atomic E-state index is 13.2. The van der Waals surface area contributed by atoms with E-state index in [1.807, 2.05) is 6.92 Å². The fourth-order valence-corrected chi connectivity index (χ4v) is 4.17. The molecule has 0 bridgehead atoms. The van der Waals surface area contributed by atoms with E-state index in [2.05, 4.69) is 10.4 Å². The van der Waals surface area contributed by atoms with Crippen LogP contribution < -0.4 is 5.32 Å². The number of carbonyl (C=O) groups excluding carboxylic acids is 3. The van der Waals surface area contributed by atoms with E-state index in [0.717, 1.165) is 10.2 Å². The summed E-state index contributed by atoms with van der Waals surface area (Å²) in [5, 5.41) is 7.85. The Morgan fingerprint density at radius 1 is 1.09 bits per heavy atom. The summed E-state index contributed by atoms with van der Waals surface area (Å²) in [7, 11) is 0. The van der Waals surface area contributed by atoms with Crippen molar-refractivity contribution in [2.75, 3.05) is 11.9 Å². The molecular formula is C23H18FN3O4S. The number of hydrogen-bond acceptors (Lipinski definition) is 6. The fourth-order valence-electron chi connectivity index (χ4n) is 3.09. The van der Waals surface area contributed by atoms with Crippen LogP contribution in [0.2, 0.25) is 0 Å². The number of ketones is 1. The van der Waals surface area contributed by atoms with E-state index >= 15 is 0 Å². The molecule has 32 heavy (non-hydrogen) atoms. The zero-order valence-corrected chi connectivity index (χ0v) is 18.0. The minimum Gasteiger partial charge on any atom is -0.451 e. The molecule has 0 aliphatic carbocycles. The number of nitrogens with one attached hydrogen (secondary N) is 1. The lowest BCUT2D eigenvalue weighted by Crippen LogP contribution is -2.20. The van der Waals surface area contributed by atoms with E-state index in [0.29, 0.717) is 27.5 Å². The molecule has 0 saturated heterocycles. The van der Waals surface area contributed by atoms with Gasteiger partial charge in [0.1, 0.15) is 15.5 Å². The zero-order chi connectivity index (χ0) is 22.8. The molecule has 2 heterocycles. The molecule has 0 aliphatic rings. The molecule has 2 aromatic carbocycles. The normalized spacial score (nSPS) is 10.8. The lowest BCUT2D eigenvalue weighted by Gasteiger charge is -2.06. The summed E-state index contributed by atoms with van der Waals surface area (Å²) in [4.78, 5) is 37.0. The summed E-state index contributed by atoms with van der Waals surface area (Å²) in [5.41, 5.74) is 2.41. The van der Waals surface area contributed by atoms with Crippen molar-refractivity contribution in [3.8, 4) is 5.69 Å². The Balaban J connectivity index is 1.43. The number of anilines is 1. The third kappa shape index (κ3) is 4.42. The third-order valence-electron chi connectivity index (χ3n) is 4.73. The van der Waals surface area contributed by atoms with Crippen molar-refractivity contribution < 1.29 is 23.5 Å². The maximum Gasteiger partial charge on any atom is 0.348 e. The van der Waals surface area contributed by atoms with E-state index < -0.39 is 18.5 Å². The molecule has 0 aliphatic heterocycles. The van der Waals surface area contributed by atoms with Crippen LogP contribution >= 0.6 is 11.3 Å². The standard InChI is InChI=1S/C23H18FN3O4S/c1-13-19-11-20(32-22(19)27(26-13)18-9-5-16(24)6-10-18)23(30)31-12-21(29)25-17-7-3-15(4-8-17)14(2)28/h3-11H,12H2,1-2H3,(H,25,29). The molecule has 0 atom stereocenters. The molecule has 0 radical (unpaired) electrons. The SMILES string of the molecule is CC(=O)c1ccc(NC(=O)COC(=O)c2cc3c(C)nn(-c4ccc(F)cc4)c3s2)cc1. The highest BCUT2D eigenvalue weighted by molar-refractivity contribution is 7.20. The minimum absolute atomic E-state index is 0.0714. The predicted molar refractivity (Wildman–Crippen MR) is 119 cm³/mol. The molecule has 1 N–H and O–H groups in total. The molecule has 2 aromatic heterocycles. The van der Waals surface area contributed by atoms with Crippen molar-refractivity contribution in [1.29, 1.82) is 0 Å². The van der Waals surface area contributed by atoms with Crippen molar-refractivity contribution in [3.05, 3.63) is 76.5 Å². The molecule has 162 valence electrons. The molecule has 9 heteroatoms. The Morgan fingerprint density at radius 3 is 2.44 bits per heavy atom. The summed E-state index contributed by atoms with van der Waals surface area (Å²) in [5.74, 6) is -1.54. The number of ether oxygens (including phenoxy) is 1. The van der Waals surface area contributed by atoms with Gasteiger partial charge in [-0.15, -0.1) is 11.3 Å². The first-order valence-corrected chi connectivity index (χ1v) is 10.5. The maximum atomic E-state index is 13.2. The highest BCUT2D eigenvalue weighted by Crippen LogP contribution is 2.30. The summed E-state index contributed by atoms with van der Waals surface area (Å²) in [6.45, 7) is 2.82. The number of halogens is 1. The second-order valence-electron chi connectivity index (χ2n) is 7.06. The van der Waals surface area contributed by atoms with Crippen LogP contribution in [0.3, 0.4) is 0 Å². The highest BCUT2D eigenvalue weighted by atomic mass is 32.1. The van der Waals surface area contributed by atoms with Gasteiger partial charge >= 0.3 is 5.97 Å². The van der Waals surface area contributed by atoms with E-state index in [1.165, 1.54) is 30.4 Å². The van der Waals surface area contributed by atoms with Crippen LogP contribution in [0.25, 0.3) is 15.9 Å². The van der Waals surface area contributed by atoms with Gasteiger partial charge in [-0.2, -0.15) is 5.10 Å².